The molecule has 0 saturated carbocycles. The summed E-state index contributed by atoms with van der Waals surface area (Å²) in [6.45, 7) is 1.81. The fraction of sp³-hybridized carbons (Fsp3) is 0.167. The van der Waals surface area contributed by atoms with Crippen LogP contribution in [0.5, 0.6) is 0 Å². The molecule has 2 unspecified atom stereocenters. The van der Waals surface area contributed by atoms with Gasteiger partial charge in [0.05, 0.1) is 6.04 Å². The number of halogens is 2. The molecular formula is C18H15Cl2N3OS. The Morgan fingerprint density at radius 3 is 2.24 bits per heavy atom. The van der Waals surface area contributed by atoms with Crippen molar-refractivity contribution in [1.29, 1.82) is 0 Å². The Morgan fingerprint density at radius 1 is 1.08 bits per heavy atom. The molecule has 0 bridgehead atoms. The van der Waals surface area contributed by atoms with Crippen LogP contribution in [-0.4, -0.2) is 16.7 Å². The number of carbonyl (C=O) groups excluding carboxylic acids is 1. The zero-order chi connectivity index (χ0) is 18.0. The monoisotopic (exact) mass is 391 g/mol. The molecule has 0 aliphatic carbocycles. The second kappa shape index (κ2) is 7.52. The molecule has 0 spiro atoms. The standard InChI is InChI=1S/C18H15Cl2N3OS/c1-10-15(17(24)22-14-8-6-13(20)7-9-14)16(23-18(25)21-10)11-2-4-12(19)5-3-11/h2-9,15-16H,1H3,(H,22,24)(H,23,25). The number of rotatable bonds is 3. The highest BCUT2D eigenvalue weighted by molar-refractivity contribution is 7.80. The second-order valence-corrected chi connectivity index (χ2v) is 6.97. The molecule has 1 aliphatic heterocycles. The van der Waals surface area contributed by atoms with Gasteiger partial charge in [-0.15, -0.1) is 0 Å². The molecule has 7 heteroatoms. The predicted octanol–water partition coefficient (Wildman–Crippen LogP) is 4.64. The second-order valence-electron chi connectivity index (χ2n) is 5.71. The zero-order valence-electron chi connectivity index (χ0n) is 13.3. The van der Waals surface area contributed by atoms with Crippen molar-refractivity contribution in [3.05, 3.63) is 64.1 Å². The van der Waals surface area contributed by atoms with Crippen molar-refractivity contribution in [1.82, 2.24) is 5.32 Å². The van der Waals surface area contributed by atoms with Crippen LogP contribution in [0.25, 0.3) is 0 Å². The van der Waals surface area contributed by atoms with Crippen molar-refractivity contribution in [2.45, 2.75) is 13.0 Å². The molecule has 2 aromatic rings. The summed E-state index contributed by atoms with van der Waals surface area (Å²) >= 11 is 17.1. The fourth-order valence-electron chi connectivity index (χ4n) is 2.76. The molecule has 1 heterocycles. The Labute approximate surface area is 161 Å². The number of benzene rings is 2. The molecule has 1 aliphatic rings. The molecule has 0 radical (unpaired) electrons. The van der Waals surface area contributed by atoms with Gasteiger partial charge in [-0.25, -0.2) is 4.99 Å². The van der Waals surface area contributed by atoms with E-state index in [-0.39, 0.29) is 11.9 Å². The van der Waals surface area contributed by atoms with E-state index in [0.29, 0.717) is 26.6 Å². The first-order valence-electron chi connectivity index (χ1n) is 7.61. The van der Waals surface area contributed by atoms with Gasteiger partial charge in [0.1, 0.15) is 5.92 Å². The van der Waals surface area contributed by atoms with Gasteiger partial charge < -0.3 is 10.6 Å². The van der Waals surface area contributed by atoms with Crippen molar-refractivity contribution < 1.29 is 4.79 Å². The van der Waals surface area contributed by atoms with Crippen LogP contribution in [0.15, 0.2) is 53.5 Å². The molecule has 2 N–H and O–H groups in total. The van der Waals surface area contributed by atoms with Gasteiger partial charge in [0.25, 0.3) is 0 Å². The molecule has 25 heavy (non-hydrogen) atoms. The number of thiocarbonyl (C=S) groups is 1. The van der Waals surface area contributed by atoms with Crippen LogP contribution in [0.4, 0.5) is 5.69 Å². The van der Waals surface area contributed by atoms with E-state index in [2.05, 4.69) is 15.6 Å². The average Bonchev–Trinajstić information content (AvgIpc) is 2.57. The summed E-state index contributed by atoms with van der Waals surface area (Å²) in [6, 6.07) is 14.0. The lowest BCUT2D eigenvalue weighted by molar-refractivity contribution is -0.118. The predicted molar refractivity (Wildman–Crippen MR) is 107 cm³/mol. The van der Waals surface area contributed by atoms with Gasteiger partial charge in [0, 0.05) is 21.4 Å². The molecule has 2 aromatic carbocycles. The average molecular weight is 392 g/mol. The molecule has 128 valence electrons. The first kappa shape index (κ1) is 17.9. The number of aliphatic imine (C=N–C) groups is 1. The van der Waals surface area contributed by atoms with Gasteiger partial charge in [-0.05, 0) is 61.1 Å². The molecule has 4 nitrogen and oxygen atoms in total. The summed E-state index contributed by atoms with van der Waals surface area (Å²) in [7, 11) is 0. The minimum atomic E-state index is -0.497. The van der Waals surface area contributed by atoms with Crippen LogP contribution >= 0.6 is 35.4 Å². The number of amides is 1. The summed E-state index contributed by atoms with van der Waals surface area (Å²) in [5.41, 5.74) is 2.25. The van der Waals surface area contributed by atoms with Crippen molar-refractivity contribution in [3.63, 3.8) is 0 Å². The normalized spacial score (nSPS) is 19.8. The van der Waals surface area contributed by atoms with Gasteiger partial charge in [-0.3, -0.25) is 4.79 Å². The maximum Gasteiger partial charge on any atom is 0.235 e. The maximum absolute atomic E-state index is 12.9. The van der Waals surface area contributed by atoms with Crippen molar-refractivity contribution in [2.24, 2.45) is 10.9 Å². The molecule has 1 amide bonds. The third-order valence-corrected chi connectivity index (χ3v) is 4.68. The third-order valence-electron chi connectivity index (χ3n) is 3.96. The topological polar surface area (TPSA) is 53.5 Å². The van der Waals surface area contributed by atoms with Gasteiger partial charge in [-0.1, -0.05) is 35.3 Å². The van der Waals surface area contributed by atoms with E-state index < -0.39 is 5.92 Å². The Morgan fingerprint density at radius 2 is 1.64 bits per heavy atom. The highest BCUT2D eigenvalue weighted by Crippen LogP contribution is 2.29. The van der Waals surface area contributed by atoms with Gasteiger partial charge in [0.2, 0.25) is 5.91 Å². The first-order chi connectivity index (χ1) is 11.9. The number of hydrogen-bond donors (Lipinski definition) is 2. The SMILES string of the molecule is CC1=NC(=S)NC(c2ccc(Cl)cc2)C1C(=O)Nc1ccc(Cl)cc1. The maximum atomic E-state index is 12.9. The molecule has 0 fully saturated rings. The highest BCUT2D eigenvalue weighted by atomic mass is 35.5. The molecule has 2 atom stereocenters. The van der Waals surface area contributed by atoms with Crippen molar-refractivity contribution in [2.75, 3.05) is 5.32 Å². The summed E-state index contributed by atoms with van der Waals surface area (Å²) in [5.74, 6) is -0.665. The summed E-state index contributed by atoms with van der Waals surface area (Å²) in [4.78, 5) is 17.1. The Kier molecular flexibility index (Phi) is 5.37. The summed E-state index contributed by atoms with van der Waals surface area (Å²) in [6.07, 6.45) is 0. The molecule has 0 aromatic heterocycles. The van der Waals surface area contributed by atoms with Gasteiger partial charge in [-0.2, -0.15) is 0 Å². The van der Waals surface area contributed by atoms with E-state index in [1.54, 1.807) is 36.4 Å². The Balaban J connectivity index is 1.89. The lowest BCUT2D eigenvalue weighted by atomic mass is 9.87. The van der Waals surface area contributed by atoms with E-state index in [4.69, 9.17) is 35.4 Å². The number of anilines is 1. The Bertz CT molecular complexity index is 834. The van der Waals surface area contributed by atoms with Crippen molar-refractivity contribution in [3.8, 4) is 0 Å². The minimum Gasteiger partial charge on any atom is -0.353 e. The van der Waals surface area contributed by atoms with Crippen LogP contribution < -0.4 is 10.6 Å². The van der Waals surface area contributed by atoms with Crippen LogP contribution in [0.2, 0.25) is 10.0 Å². The van der Waals surface area contributed by atoms with Crippen LogP contribution in [0.1, 0.15) is 18.5 Å². The number of carbonyl (C=O) groups is 1. The smallest absolute Gasteiger partial charge is 0.235 e. The molecular weight excluding hydrogens is 377 g/mol. The highest BCUT2D eigenvalue weighted by Gasteiger charge is 2.35. The minimum absolute atomic E-state index is 0.168. The van der Waals surface area contributed by atoms with E-state index in [9.17, 15) is 4.79 Å². The third kappa shape index (κ3) is 4.18. The van der Waals surface area contributed by atoms with Gasteiger partial charge >= 0.3 is 0 Å². The number of nitrogens with zero attached hydrogens (tertiary/aromatic N) is 1. The van der Waals surface area contributed by atoms with Crippen LogP contribution in [-0.2, 0) is 4.79 Å². The van der Waals surface area contributed by atoms with E-state index in [1.165, 1.54) is 0 Å². The number of hydrogen-bond acceptors (Lipinski definition) is 2. The van der Waals surface area contributed by atoms with Gasteiger partial charge in [0.15, 0.2) is 5.11 Å². The lowest BCUT2D eigenvalue weighted by Crippen LogP contribution is -2.45. The lowest BCUT2D eigenvalue weighted by Gasteiger charge is -2.31. The van der Waals surface area contributed by atoms with E-state index in [0.717, 1.165) is 5.56 Å². The van der Waals surface area contributed by atoms with E-state index in [1.807, 2.05) is 19.1 Å². The van der Waals surface area contributed by atoms with E-state index >= 15 is 0 Å². The summed E-state index contributed by atoms with van der Waals surface area (Å²) < 4.78 is 0. The van der Waals surface area contributed by atoms with Crippen molar-refractivity contribution >= 4 is 57.8 Å². The number of nitrogens with one attached hydrogen (secondary N) is 2. The largest absolute Gasteiger partial charge is 0.353 e. The quantitative estimate of drug-likeness (QED) is 0.749. The fourth-order valence-corrected chi connectivity index (χ4v) is 3.28. The van der Waals surface area contributed by atoms with Crippen LogP contribution in [0.3, 0.4) is 0 Å². The van der Waals surface area contributed by atoms with Crippen LogP contribution in [0, 0.1) is 5.92 Å². The molecule has 0 saturated heterocycles. The zero-order valence-corrected chi connectivity index (χ0v) is 15.6. The molecule has 3 rings (SSSR count). The Hall–Kier alpha value is -1.95. The summed E-state index contributed by atoms with van der Waals surface area (Å²) in [5, 5.41) is 7.65. The first-order valence-corrected chi connectivity index (χ1v) is 8.78.